The van der Waals surface area contributed by atoms with Crippen molar-refractivity contribution in [2.24, 2.45) is 0 Å². The molecule has 0 bridgehead atoms. The van der Waals surface area contributed by atoms with Gasteiger partial charge in [0.25, 0.3) is 0 Å². The fraction of sp³-hybridized carbons (Fsp3) is 0.714. The maximum Gasteiger partial charge on any atom is 0.0493 e. The molecular formula is C7H13NS. The highest BCUT2D eigenvalue weighted by Gasteiger charge is 2.24. The van der Waals surface area contributed by atoms with Gasteiger partial charge in [-0.2, -0.15) is 11.8 Å². The van der Waals surface area contributed by atoms with Gasteiger partial charge in [-0.05, 0) is 26.2 Å². The molecule has 0 saturated carbocycles. The number of hydrogen-bond donors (Lipinski definition) is 1. The predicted molar refractivity (Wildman–Crippen MR) is 43.7 cm³/mol. The van der Waals surface area contributed by atoms with Crippen LogP contribution in [0.25, 0.3) is 0 Å². The first kappa shape index (κ1) is 7.00. The van der Waals surface area contributed by atoms with Crippen LogP contribution in [-0.2, 0) is 0 Å². The SMILES string of the molecule is CSC(C)(C)C1=CCN1. The van der Waals surface area contributed by atoms with Gasteiger partial charge < -0.3 is 5.32 Å². The lowest BCUT2D eigenvalue weighted by molar-refractivity contribution is 0.670. The molecule has 0 radical (unpaired) electrons. The highest BCUT2D eigenvalue weighted by molar-refractivity contribution is 8.00. The Bertz CT molecular complexity index is 138. The summed E-state index contributed by atoms with van der Waals surface area (Å²) in [4.78, 5) is 0. The molecule has 1 nitrogen and oxygen atoms in total. The first-order chi connectivity index (χ1) is 4.17. The molecule has 0 saturated heterocycles. The van der Waals surface area contributed by atoms with Gasteiger partial charge in [0.2, 0.25) is 0 Å². The summed E-state index contributed by atoms with van der Waals surface area (Å²) in [5.41, 5.74) is 1.38. The second-order valence-corrected chi connectivity index (χ2v) is 4.14. The molecule has 0 aromatic heterocycles. The Morgan fingerprint density at radius 2 is 2.22 bits per heavy atom. The van der Waals surface area contributed by atoms with E-state index in [0.717, 1.165) is 6.54 Å². The molecule has 0 spiro atoms. The summed E-state index contributed by atoms with van der Waals surface area (Å²) in [5.74, 6) is 0. The summed E-state index contributed by atoms with van der Waals surface area (Å²) in [6.07, 6.45) is 4.39. The highest BCUT2D eigenvalue weighted by atomic mass is 32.2. The second-order valence-electron chi connectivity index (χ2n) is 2.71. The zero-order valence-corrected chi connectivity index (χ0v) is 7.01. The Hall–Kier alpha value is -0.110. The van der Waals surface area contributed by atoms with Crippen LogP contribution in [0.5, 0.6) is 0 Å². The third-order valence-electron chi connectivity index (χ3n) is 1.76. The molecule has 0 aliphatic carbocycles. The van der Waals surface area contributed by atoms with E-state index in [9.17, 15) is 0 Å². The average molecular weight is 143 g/mol. The largest absolute Gasteiger partial charge is 0.384 e. The van der Waals surface area contributed by atoms with Crippen LogP contribution in [0, 0.1) is 0 Å². The molecule has 9 heavy (non-hydrogen) atoms. The van der Waals surface area contributed by atoms with Gasteiger partial charge in [-0.25, -0.2) is 0 Å². The van der Waals surface area contributed by atoms with Crippen LogP contribution >= 0.6 is 11.8 Å². The predicted octanol–water partition coefficient (Wildman–Crippen LogP) is 1.62. The highest BCUT2D eigenvalue weighted by Crippen LogP contribution is 2.30. The minimum absolute atomic E-state index is 0.304. The Balaban J connectivity index is 2.58. The van der Waals surface area contributed by atoms with Gasteiger partial charge in [0.1, 0.15) is 0 Å². The number of nitrogens with one attached hydrogen (secondary N) is 1. The third-order valence-corrected chi connectivity index (χ3v) is 3.00. The number of hydrogen-bond acceptors (Lipinski definition) is 2. The van der Waals surface area contributed by atoms with Crippen LogP contribution in [-0.4, -0.2) is 17.5 Å². The van der Waals surface area contributed by atoms with Gasteiger partial charge in [0.15, 0.2) is 0 Å². The maximum absolute atomic E-state index is 3.28. The fourth-order valence-corrected chi connectivity index (χ4v) is 1.15. The average Bonchev–Trinajstić information content (AvgIpc) is 1.60. The van der Waals surface area contributed by atoms with Gasteiger partial charge in [0.05, 0.1) is 0 Å². The summed E-state index contributed by atoms with van der Waals surface area (Å²) in [6.45, 7) is 5.52. The van der Waals surface area contributed by atoms with Crippen molar-refractivity contribution in [1.82, 2.24) is 5.32 Å². The molecule has 1 aliphatic heterocycles. The lowest BCUT2D eigenvalue weighted by atomic mass is 10.1. The summed E-state index contributed by atoms with van der Waals surface area (Å²) in [7, 11) is 0. The van der Waals surface area contributed by atoms with Gasteiger partial charge in [0, 0.05) is 17.0 Å². The topological polar surface area (TPSA) is 12.0 Å². The molecule has 52 valence electrons. The number of thioether (sulfide) groups is 1. The van der Waals surface area contributed by atoms with Crippen LogP contribution in [0.4, 0.5) is 0 Å². The minimum Gasteiger partial charge on any atom is -0.384 e. The van der Waals surface area contributed by atoms with E-state index < -0.39 is 0 Å². The molecule has 0 aromatic rings. The van der Waals surface area contributed by atoms with E-state index in [0.29, 0.717) is 4.75 Å². The van der Waals surface area contributed by atoms with Gasteiger partial charge in [-0.1, -0.05) is 0 Å². The van der Waals surface area contributed by atoms with Gasteiger partial charge >= 0.3 is 0 Å². The van der Waals surface area contributed by atoms with Crippen LogP contribution in [0.1, 0.15) is 13.8 Å². The van der Waals surface area contributed by atoms with E-state index in [1.54, 1.807) is 0 Å². The van der Waals surface area contributed by atoms with Gasteiger partial charge in [-0.3, -0.25) is 0 Å². The summed E-state index contributed by atoms with van der Waals surface area (Å²) in [5, 5.41) is 3.28. The van der Waals surface area contributed by atoms with Crippen molar-refractivity contribution in [3.63, 3.8) is 0 Å². The van der Waals surface area contributed by atoms with Gasteiger partial charge in [-0.15, -0.1) is 0 Å². The fourth-order valence-electron chi connectivity index (χ4n) is 0.773. The zero-order valence-electron chi connectivity index (χ0n) is 6.19. The minimum atomic E-state index is 0.304. The standard InChI is InChI=1S/C7H13NS/c1-7(2,9-3)6-4-5-8-6/h4,8H,5H2,1-3H3. The van der Waals surface area contributed by atoms with Crippen molar-refractivity contribution in [2.75, 3.05) is 12.8 Å². The summed E-state index contributed by atoms with van der Waals surface area (Å²) < 4.78 is 0.304. The van der Waals surface area contributed by atoms with Crippen LogP contribution in [0.2, 0.25) is 0 Å². The lowest BCUT2D eigenvalue weighted by Crippen LogP contribution is -2.36. The summed E-state index contributed by atoms with van der Waals surface area (Å²) in [6, 6.07) is 0. The Labute approximate surface area is 60.9 Å². The van der Waals surface area contributed by atoms with Crippen LogP contribution < -0.4 is 5.32 Å². The molecule has 2 heteroatoms. The molecule has 0 atom stereocenters. The molecular weight excluding hydrogens is 130 g/mol. The molecule has 0 fully saturated rings. The van der Waals surface area contributed by atoms with Crippen LogP contribution in [0.3, 0.4) is 0 Å². The second kappa shape index (κ2) is 2.25. The number of rotatable bonds is 2. The van der Waals surface area contributed by atoms with E-state index >= 15 is 0 Å². The Morgan fingerprint density at radius 1 is 1.67 bits per heavy atom. The first-order valence-corrected chi connectivity index (χ1v) is 4.39. The van der Waals surface area contributed by atoms with E-state index in [1.165, 1.54) is 5.70 Å². The van der Waals surface area contributed by atoms with E-state index in [-0.39, 0.29) is 0 Å². The maximum atomic E-state index is 3.28. The first-order valence-electron chi connectivity index (χ1n) is 3.16. The summed E-state index contributed by atoms with van der Waals surface area (Å²) >= 11 is 1.88. The lowest BCUT2D eigenvalue weighted by Gasteiger charge is -2.31. The molecule has 0 unspecified atom stereocenters. The van der Waals surface area contributed by atoms with E-state index in [2.05, 4.69) is 31.5 Å². The van der Waals surface area contributed by atoms with E-state index in [1.807, 2.05) is 11.8 Å². The van der Waals surface area contributed by atoms with E-state index in [4.69, 9.17) is 0 Å². The molecule has 1 N–H and O–H groups in total. The Kier molecular flexibility index (Phi) is 1.75. The third kappa shape index (κ3) is 1.23. The normalized spacial score (nSPS) is 17.9. The quantitative estimate of drug-likeness (QED) is 0.630. The van der Waals surface area contributed by atoms with Crippen molar-refractivity contribution in [3.8, 4) is 0 Å². The van der Waals surface area contributed by atoms with Crippen molar-refractivity contribution >= 4 is 11.8 Å². The molecule has 1 aliphatic rings. The Morgan fingerprint density at radius 3 is 2.33 bits per heavy atom. The molecule has 1 heterocycles. The van der Waals surface area contributed by atoms with Crippen LogP contribution in [0.15, 0.2) is 11.8 Å². The van der Waals surface area contributed by atoms with Crippen molar-refractivity contribution in [2.45, 2.75) is 18.6 Å². The molecule has 0 aromatic carbocycles. The van der Waals surface area contributed by atoms with Crippen molar-refractivity contribution < 1.29 is 0 Å². The molecule has 0 amide bonds. The van der Waals surface area contributed by atoms with Crippen molar-refractivity contribution in [3.05, 3.63) is 11.8 Å². The van der Waals surface area contributed by atoms with Crippen molar-refractivity contribution in [1.29, 1.82) is 0 Å². The monoisotopic (exact) mass is 143 g/mol. The smallest absolute Gasteiger partial charge is 0.0493 e. The molecule has 1 rings (SSSR count). The zero-order chi connectivity index (χ0) is 6.91.